The van der Waals surface area contributed by atoms with Gasteiger partial charge in [-0.1, -0.05) is 42.0 Å². The van der Waals surface area contributed by atoms with Crippen LogP contribution in [0.3, 0.4) is 0 Å². The van der Waals surface area contributed by atoms with Gasteiger partial charge in [0.1, 0.15) is 0 Å². The van der Waals surface area contributed by atoms with Crippen molar-refractivity contribution in [3.05, 3.63) is 65.3 Å². The molecule has 0 radical (unpaired) electrons. The largest absolute Gasteiger partial charge is 0.398 e. The lowest BCUT2D eigenvalue weighted by molar-refractivity contribution is 1.40. The summed E-state index contributed by atoms with van der Waals surface area (Å²) in [5.74, 6) is 0. The van der Waals surface area contributed by atoms with Crippen LogP contribution in [0.2, 0.25) is 0 Å². The fourth-order valence-corrected chi connectivity index (χ4v) is 1.58. The van der Waals surface area contributed by atoms with Gasteiger partial charge in [0.25, 0.3) is 0 Å². The Kier molecular flexibility index (Phi) is 4.12. The average Bonchev–Trinajstić information content (AvgIpc) is 2.16. The van der Waals surface area contributed by atoms with Gasteiger partial charge in [-0.05, 0) is 44.1 Å². The van der Waals surface area contributed by atoms with Crippen LogP contribution in [0.15, 0.2) is 54.1 Å². The molecule has 0 aliphatic carbocycles. The molecule has 1 nitrogen and oxygen atoms in total. The maximum atomic E-state index is 6.03. The second-order valence-corrected chi connectivity index (χ2v) is 4.20. The molecule has 0 saturated carbocycles. The molecule has 2 N–H and O–H groups in total. The second-order valence-electron chi connectivity index (χ2n) is 4.20. The molecule has 0 spiro atoms. The van der Waals surface area contributed by atoms with Gasteiger partial charge >= 0.3 is 0 Å². The number of aryl methyl sites for hydroxylation is 1. The van der Waals surface area contributed by atoms with Crippen molar-refractivity contribution in [3.63, 3.8) is 0 Å². The van der Waals surface area contributed by atoms with Crippen LogP contribution < -0.4 is 5.73 Å². The molecule has 84 valence electrons. The summed E-state index contributed by atoms with van der Waals surface area (Å²) >= 11 is 0. The first-order chi connectivity index (χ1) is 7.49. The first-order valence-corrected chi connectivity index (χ1v) is 5.37. The zero-order valence-electron chi connectivity index (χ0n) is 10.2. The molecule has 0 saturated heterocycles. The van der Waals surface area contributed by atoms with E-state index >= 15 is 0 Å². The standard InChI is InChI=1S/C15H19N/c1-11(2)8-13(4)10-15(16)14-7-5-6-12(3)9-14/h5-10H,1,16H2,2-4H3/b13-8-,15-10-. The minimum absolute atomic E-state index is 0.790. The van der Waals surface area contributed by atoms with Crippen molar-refractivity contribution >= 4 is 5.70 Å². The Morgan fingerprint density at radius 3 is 2.50 bits per heavy atom. The van der Waals surface area contributed by atoms with E-state index in [0.29, 0.717) is 0 Å². The van der Waals surface area contributed by atoms with E-state index in [0.717, 1.165) is 22.4 Å². The highest BCUT2D eigenvalue weighted by Gasteiger charge is 1.96. The third-order valence-corrected chi connectivity index (χ3v) is 2.21. The summed E-state index contributed by atoms with van der Waals surface area (Å²) in [4.78, 5) is 0. The van der Waals surface area contributed by atoms with E-state index in [2.05, 4.69) is 25.6 Å². The normalized spacial score (nSPS) is 12.7. The summed E-state index contributed by atoms with van der Waals surface area (Å²) in [6, 6.07) is 8.18. The Labute approximate surface area is 98.0 Å². The zero-order valence-corrected chi connectivity index (χ0v) is 10.2. The molecular formula is C15H19N. The van der Waals surface area contributed by atoms with Crippen LogP contribution in [0.1, 0.15) is 25.0 Å². The van der Waals surface area contributed by atoms with Gasteiger partial charge in [-0.25, -0.2) is 0 Å². The van der Waals surface area contributed by atoms with Crippen LogP contribution in [0.25, 0.3) is 5.70 Å². The van der Waals surface area contributed by atoms with Crippen LogP contribution in [0.4, 0.5) is 0 Å². The predicted octanol–water partition coefficient (Wildman–Crippen LogP) is 3.82. The molecule has 1 aromatic carbocycles. The number of rotatable bonds is 3. The Hall–Kier alpha value is -1.76. The first-order valence-electron chi connectivity index (χ1n) is 5.37. The number of hydrogen-bond acceptors (Lipinski definition) is 1. The van der Waals surface area contributed by atoms with Gasteiger partial charge < -0.3 is 5.73 Å². The van der Waals surface area contributed by atoms with E-state index in [1.165, 1.54) is 5.56 Å². The van der Waals surface area contributed by atoms with Crippen molar-refractivity contribution in [2.45, 2.75) is 20.8 Å². The number of allylic oxidation sites excluding steroid dienone is 4. The Bertz CT molecular complexity index is 450. The highest BCUT2D eigenvalue weighted by Crippen LogP contribution is 2.13. The molecule has 1 heteroatoms. The van der Waals surface area contributed by atoms with Gasteiger partial charge in [0.2, 0.25) is 0 Å². The van der Waals surface area contributed by atoms with Gasteiger partial charge in [-0.15, -0.1) is 0 Å². The molecule has 0 heterocycles. The van der Waals surface area contributed by atoms with E-state index < -0.39 is 0 Å². The molecule has 0 amide bonds. The fourth-order valence-electron chi connectivity index (χ4n) is 1.58. The van der Waals surface area contributed by atoms with E-state index in [-0.39, 0.29) is 0 Å². The van der Waals surface area contributed by atoms with Crippen LogP contribution in [0, 0.1) is 6.92 Å². The topological polar surface area (TPSA) is 26.0 Å². The summed E-state index contributed by atoms with van der Waals surface area (Å²) in [6.45, 7) is 9.90. The Balaban J connectivity index is 2.98. The molecule has 0 aliphatic heterocycles. The fraction of sp³-hybridized carbons (Fsp3) is 0.200. The van der Waals surface area contributed by atoms with E-state index in [1.54, 1.807) is 0 Å². The lowest BCUT2D eigenvalue weighted by atomic mass is 10.1. The summed E-state index contributed by atoms with van der Waals surface area (Å²) in [7, 11) is 0. The summed E-state index contributed by atoms with van der Waals surface area (Å²) in [5, 5.41) is 0. The van der Waals surface area contributed by atoms with Crippen molar-refractivity contribution in [3.8, 4) is 0 Å². The summed E-state index contributed by atoms with van der Waals surface area (Å²) < 4.78 is 0. The maximum Gasteiger partial charge on any atom is 0.0390 e. The average molecular weight is 213 g/mol. The minimum atomic E-state index is 0.790. The highest BCUT2D eigenvalue weighted by atomic mass is 14.6. The van der Waals surface area contributed by atoms with Crippen LogP contribution in [-0.2, 0) is 0 Å². The molecule has 0 aliphatic rings. The monoisotopic (exact) mass is 213 g/mol. The van der Waals surface area contributed by atoms with Gasteiger partial charge in [0.05, 0.1) is 0 Å². The van der Waals surface area contributed by atoms with Crippen molar-refractivity contribution in [2.24, 2.45) is 5.73 Å². The van der Waals surface area contributed by atoms with E-state index in [1.807, 2.05) is 38.1 Å². The van der Waals surface area contributed by atoms with E-state index in [9.17, 15) is 0 Å². The van der Waals surface area contributed by atoms with Crippen molar-refractivity contribution in [1.82, 2.24) is 0 Å². The summed E-state index contributed by atoms with van der Waals surface area (Å²) in [6.07, 6.45) is 3.99. The predicted molar refractivity (Wildman–Crippen MR) is 71.9 cm³/mol. The molecule has 0 bridgehead atoms. The quantitative estimate of drug-likeness (QED) is 0.759. The lowest BCUT2D eigenvalue weighted by Gasteiger charge is -2.03. The van der Waals surface area contributed by atoms with Crippen LogP contribution >= 0.6 is 0 Å². The number of hydrogen-bond donors (Lipinski definition) is 1. The molecule has 0 unspecified atom stereocenters. The van der Waals surface area contributed by atoms with Crippen LogP contribution in [0.5, 0.6) is 0 Å². The molecule has 0 aromatic heterocycles. The highest BCUT2D eigenvalue weighted by molar-refractivity contribution is 5.65. The lowest BCUT2D eigenvalue weighted by Crippen LogP contribution is -1.96. The molecular weight excluding hydrogens is 194 g/mol. The van der Waals surface area contributed by atoms with Gasteiger partial charge in [0.15, 0.2) is 0 Å². The maximum absolute atomic E-state index is 6.03. The second kappa shape index (κ2) is 5.36. The SMILES string of the molecule is C=C(C)/C=C(C)\C=C(/N)c1cccc(C)c1. The minimum Gasteiger partial charge on any atom is -0.398 e. The molecule has 16 heavy (non-hydrogen) atoms. The van der Waals surface area contributed by atoms with Gasteiger partial charge in [0, 0.05) is 5.70 Å². The van der Waals surface area contributed by atoms with Crippen molar-refractivity contribution in [1.29, 1.82) is 0 Å². The van der Waals surface area contributed by atoms with E-state index in [4.69, 9.17) is 5.73 Å². The smallest absolute Gasteiger partial charge is 0.0390 e. The van der Waals surface area contributed by atoms with Crippen LogP contribution in [-0.4, -0.2) is 0 Å². The molecule has 0 fully saturated rings. The molecule has 1 rings (SSSR count). The summed E-state index contributed by atoms with van der Waals surface area (Å²) in [5.41, 5.74) is 11.3. The van der Waals surface area contributed by atoms with Crippen molar-refractivity contribution < 1.29 is 0 Å². The number of benzene rings is 1. The van der Waals surface area contributed by atoms with Crippen molar-refractivity contribution in [2.75, 3.05) is 0 Å². The molecule has 1 aromatic rings. The first kappa shape index (κ1) is 12.3. The Morgan fingerprint density at radius 2 is 1.94 bits per heavy atom. The Morgan fingerprint density at radius 1 is 1.25 bits per heavy atom. The zero-order chi connectivity index (χ0) is 12.1. The van der Waals surface area contributed by atoms with Gasteiger partial charge in [-0.3, -0.25) is 0 Å². The van der Waals surface area contributed by atoms with Gasteiger partial charge in [-0.2, -0.15) is 0 Å². The molecule has 0 atom stereocenters. The number of nitrogens with two attached hydrogens (primary N) is 1. The third kappa shape index (κ3) is 3.77. The third-order valence-electron chi connectivity index (χ3n) is 2.21.